The molecule has 1 heterocycles. The Hall–Kier alpha value is -1.67. The van der Waals surface area contributed by atoms with Crippen LogP contribution >= 0.6 is 31.9 Å². The van der Waals surface area contributed by atoms with Crippen LogP contribution in [0.2, 0.25) is 0 Å². The zero-order chi connectivity index (χ0) is 17.6. The van der Waals surface area contributed by atoms with Gasteiger partial charge in [0.1, 0.15) is 5.82 Å². The van der Waals surface area contributed by atoms with Crippen molar-refractivity contribution in [1.82, 2.24) is 0 Å². The van der Waals surface area contributed by atoms with Crippen molar-refractivity contribution < 1.29 is 22.4 Å². The van der Waals surface area contributed by atoms with Crippen molar-refractivity contribution in [2.75, 3.05) is 5.32 Å². The number of halogens is 6. The second-order valence-corrected chi connectivity index (χ2v) is 6.80. The van der Waals surface area contributed by atoms with E-state index in [1.807, 2.05) is 0 Å². The lowest BCUT2D eigenvalue weighted by molar-refractivity contribution is -0.140. The first-order chi connectivity index (χ1) is 11.2. The van der Waals surface area contributed by atoms with Crippen LogP contribution < -0.4 is 5.32 Å². The van der Waals surface area contributed by atoms with Crippen molar-refractivity contribution in [3.63, 3.8) is 0 Å². The third-order valence-corrected chi connectivity index (χ3v) is 4.55. The molecule has 0 spiro atoms. The second-order valence-electron chi connectivity index (χ2n) is 5.03. The molecule has 2 aromatic carbocycles. The highest BCUT2D eigenvalue weighted by Gasteiger charge is 2.35. The maximum atomic E-state index is 14.2. The van der Waals surface area contributed by atoms with Crippen LogP contribution in [0.25, 0.3) is 11.6 Å². The number of rotatable bonds is 1. The second kappa shape index (κ2) is 6.00. The summed E-state index contributed by atoms with van der Waals surface area (Å²) in [6.07, 6.45) is -3.69. The third kappa shape index (κ3) is 3.00. The van der Waals surface area contributed by atoms with Crippen molar-refractivity contribution in [2.45, 2.75) is 6.18 Å². The van der Waals surface area contributed by atoms with Gasteiger partial charge >= 0.3 is 6.18 Å². The summed E-state index contributed by atoms with van der Waals surface area (Å²) in [7, 11) is 0. The van der Waals surface area contributed by atoms with Gasteiger partial charge in [0.25, 0.3) is 5.91 Å². The number of fused-ring (bicyclic) bond motifs is 1. The number of alkyl halides is 3. The highest BCUT2D eigenvalue weighted by Crippen LogP contribution is 2.41. The van der Waals surface area contributed by atoms with Gasteiger partial charge in [-0.2, -0.15) is 13.2 Å². The molecule has 0 atom stereocenters. The number of benzene rings is 2. The Kier molecular flexibility index (Phi) is 4.29. The normalized spacial score (nSPS) is 15.6. The lowest BCUT2D eigenvalue weighted by Crippen LogP contribution is -2.09. The molecule has 1 aliphatic heterocycles. The van der Waals surface area contributed by atoms with E-state index in [0.29, 0.717) is 26.3 Å². The maximum Gasteiger partial charge on any atom is 0.419 e. The quantitative estimate of drug-likeness (QED) is 0.415. The lowest BCUT2D eigenvalue weighted by atomic mass is 10.0. The molecule has 0 aromatic heterocycles. The number of hydrogen-bond acceptors (Lipinski definition) is 1. The predicted octanol–water partition coefficient (Wildman–Crippen LogP) is 5.86. The molecular formula is C16H7Br2F4NO. The van der Waals surface area contributed by atoms with Crippen molar-refractivity contribution in [3.8, 4) is 0 Å². The number of carbonyl (C=O) groups excluding carboxylic acids is 1. The van der Waals surface area contributed by atoms with E-state index in [-0.39, 0.29) is 11.1 Å². The van der Waals surface area contributed by atoms with E-state index in [1.165, 1.54) is 6.07 Å². The molecule has 2 aromatic rings. The zero-order valence-electron chi connectivity index (χ0n) is 11.6. The van der Waals surface area contributed by atoms with Gasteiger partial charge in [-0.3, -0.25) is 4.79 Å². The standard InChI is InChI=1S/C16H7Br2F4NO/c17-8-5-9-10(15(24)23-14(9)12(18)6-8)4-7-2-1-3-11(13(7)19)16(20,21)22/h1-6H,(H,23,24). The summed E-state index contributed by atoms with van der Waals surface area (Å²) in [6, 6.07) is 6.30. The summed E-state index contributed by atoms with van der Waals surface area (Å²) in [5.41, 5.74) is -0.630. The molecule has 0 saturated carbocycles. The Morgan fingerprint density at radius 2 is 1.83 bits per heavy atom. The molecule has 0 radical (unpaired) electrons. The molecule has 2 nitrogen and oxygen atoms in total. The first kappa shape index (κ1) is 17.2. The van der Waals surface area contributed by atoms with Crippen LogP contribution in [0.4, 0.5) is 23.2 Å². The average molecular weight is 465 g/mol. The Bertz CT molecular complexity index is 890. The topological polar surface area (TPSA) is 29.1 Å². The minimum atomic E-state index is -4.81. The fourth-order valence-electron chi connectivity index (χ4n) is 2.40. The monoisotopic (exact) mass is 463 g/mol. The van der Waals surface area contributed by atoms with Crippen LogP contribution in [-0.4, -0.2) is 5.91 Å². The van der Waals surface area contributed by atoms with E-state index < -0.39 is 23.5 Å². The molecule has 1 aliphatic rings. The van der Waals surface area contributed by atoms with Crippen LogP contribution in [0.15, 0.2) is 39.3 Å². The van der Waals surface area contributed by atoms with Crippen molar-refractivity contribution in [2.24, 2.45) is 0 Å². The number of hydrogen-bond donors (Lipinski definition) is 1. The summed E-state index contributed by atoms with van der Waals surface area (Å²) in [5.74, 6) is -1.92. The summed E-state index contributed by atoms with van der Waals surface area (Å²) in [4.78, 5) is 12.1. The minimum absolute atomic E-state index is 0.0882. The van der Waals surface area contributed by atoms with Crippen molar-refractivity contribution in [3.05, 3.63) is 61.8 Å². The van der Waals surface area contributed by atoms with E-state index in [9.17, 15) is 22.4 Å². The highest BCUT2D eigenvalue weighted by atomic mass is 79.9. The molecule has 24 heavy (non-hydrogen) atoms. The van der Waals surface area contributed by atoms with Crippen LogP contribution in [0.3, 0.4) is 0 Å². The smallest absolute Gasteiger partial charge is 0.320 e. The van der Waals surface area contributed by atoms with E-state index in [1.54, 1.807) is 12.1 Å². The van der Waals surface area contributed by atoms with Gasteiger partial charge in [-0.25, -0.2) is 4.39 Å². The number of nitrogens with one attached hydrogen (secondary N) is 1. The van der Waals surface area contributed by atoms with Crippen molar-refractivity contribution in [1.29, 1.82) is 0 Å². The Morgan fingerprint density at radius 3 is 2.50 bits per heavy atom. The van der Waals surface area contributed by atoms with Gasteiger partial charge in [0, 0.05) is 25.6 Å². The SMILES string of the molecule is O=C1Nc2c(Br)cc(Br)cc2C1=Cc1cccc(C(F)(F)F)c1F. The maximum absolute atomic E-state index is 14.2. The Labute approximate surface area is 150 Å². The first-order valence-electron chi connectivity index (χ1n) is 6.56. The van der Waals surface area contributed by atoms with Gasteiger partial charge in [-0.1, -0.05) is 28.1 Å². The summed E-state index contributed by atoms with van der Waals surface area (Å²) in [6.45, 7) is 0. The van der Waals surface area contributed by atoms with Gasteiger partial charge in [-0.15, -0.1) is 0 Å². The van der Waals surface area contributed by atoms with Crippen molar-refractivity contribution >= 4 is 55.1 Å². The fourth-order valence-corrected chi connectivity index (χ4v) is 3.72. The van der Waals surface area contributed by atoms with Gasteiger partial charge in [0.15, 0.2) is 0 Å². The largest absolute Gasteiger partial charge is 0.419 e. The molecule has 0 unspecified atom stereocenters. The van der Waals surface area contributed by atoms with Crippen LogP contribution in [0.5, 0.6) is 0 Å². The minimum Gasteiger partial charge on any atom is -0.320 e. The molecule has 0 saturated heterocycles. The molecular weight excluding hydrogens is 458 g/mol. The first-order valence-corrected chi connectivity index (χ1v) is 8.15. The molecule has 1 N–H and O–H groups in total. The number of amides is 1. The van der Waals surface area contributed by atoms with Gasteiger partial charge < -0.3 is 5.32 Å². The molecule has 124 valence electrons. The van der Waals surface area contributed by atoms with Gasteiger partial charge in [-0.05, 0) is 40.2 Å². The van der Waals surface area contributed by atoms with E-state index in [4.69, 9.17) is 0 Å². The van der Waals surface area contributed by atoms with Gasteiger partial charge in [0.05, 0.1) is 11.3 Å². The number of carbonyl (C=O) groups is 1. The average Bonchev–Trinajstić information content (AvgIpc) is 2.77. The molecule has 0 fully saturated rings. The lowest BCUT2D eigenvalue weighted by Gasteiger charge is -2.09. The predicted molar refractivity (Wildman–Crippen MR) is 89.7 cm³/mol. The molecule has 0 bridgehead atoms. The molecule has 1 amide bonds. The third-order valence-electron chi connectivity index (χ3n) is 3.46. The zero-order valence-corrected chi connectivity index (χ0v) is 14.8. The summed E-state index contributed by atoms with van der Waals surface area (Å²) < 4.78 is 53.9. The molecule has 8 heteroatoms. The van der Waals surface area contributed by atoms with Gasteiger partial charge in [0.2, 0.25) is 0 Å². The number of anilines is 1. The van der Waals surface area contributed by atoms with Crippen LogP contribution in [-0.2, 0) is 11.0 Å². The van der Waals surface area contributed by atoms with Crippen LogP contribution in [0.1, 0.15) is 16.7 Å². The van der Waals surface area contributed by atoms with Crippen LogP contribution in [0, 0.1) is 5.82 Å². The molecule has 0 aliphatic carbocycles. The summed E-state index contributed by atoms with van der Waals surface area (Å²) in [5, 5.41) is 2.61. The fraction of sp³-hybridized carbons (Fsp3) is 0.0625. The van der Waals surface area contributed by atoms with E-state index >= 15 is 0 Å². The van der Waals surface area contributed by atoms with E-state index in [0.717, 1.165) is 12.1 Å². The summed E-state index contributed by atoms with van der Waals surface area (Å²) >= 11 is 6.58. The van der Waals surface area contributed by atoms with E-state index in [2.05, 4.69) is 37.2 Å². The Morgan fingerprint density at radius 1 is 1.12 bits per heavy atom. The Balaban J connectivity index is 2.17. The highest BCUT2D eigenvalue weighted by molar-refractivity contribution is 9.11. The molecule has 3 rings (SSSR count).